The average Bonchev–Trinajstić information content (AvgIpc) is 2.39. The first-order valence-corrected chi connectivity index (χ1v) is 8.64. The van der Waals surface area contributed by atoms with Crippen molar-refractivity contribution in [1.29, 1.82) is 0 Å². The number of hydrogen-bond donors (Lipinski definition) is 0. The van der Waals surface area contributed by atoms with Crippen molar-refractivity contribution in [3.05, 3.63) is 6.92 Å². The molecular formula is C18H37. The van der Waals surface area contributed by atoms with Crippen LogP contribution in [0.25, 0.3) is 0 Å². The third-order valence-corrected chi connectivity index (χ3v) is 4.16. The summed E-state index contributed by atoms with van der Waals surface area (Å²) in [5, 5.41) is 0. The van der Waals surface area contributed by atoms with Gasteiger partial charge in [0.25, 0.3) is 0 Å². The molecule has 0 spiro atoms. The minimum atomic E-state index is 0.955. The highest BCUT2D eigenvalue weighted by Gasteiger charge is 2.03. The highest BCUT2D eigenvalue weighted by molar-refractivity contribution is 4.59. The van der Waals surface area contributed by atoms with Crippen LogP contribution >= 0.6 is 0 Å². The summed E-state index contributed by atoms with van der Waals surface area (Å²) >= 11 is 0. The van der Waals surface area contributed by atoms with Crippen LogP contribution in [0.5, 0.6) is 0 Å². The molecule has 0 aliphatic rings. The second-order valence-corrected chi connectivity index (χ2v) is 5.89. The van der Waals surface area contributed by atoms with Crippen molar-refractivity contribution in [2.75, 3.05) is 0 Å². The lowest BCUT2D eigenvalue weighted by atomic mass is 9.94. The zero-order valence-corrected chi connectivity index (χ0v) is 13.2. The van der Waals surface area contributed by atoms with Crippen LogP contribution in [0.1, 0.15) is 104 Å². The van der Waals surface area contributed by atoms with Gasteiger partial charge >= 0.3 is 0 Å². The zero-order valence-electron chi connectivity index (χ0n) is 13.2. The molecule has 0 aromatic rings. The van der Waals surface area contributed by atoms with Gasteiger partial charge in [0.15, 0.2) is 0 Å². The fraction of sp³-hybridized carbons (Fsp3) is 0.944. The van der Waals surface area contributed by atoms with Crippen molar-refractivity contribution in [2.24, 2.45) is 5.92 Å². The molecule has 0 rings (SSSR count). The van der Waals surface area contributed by atoms with Gasteiger partial charge in [-0.2, -0.15) is 0 Å². The molecule has 0 aliphatic heterocycles. The minimum Gasteiger partial charge on any atom is -0.0654 e. The Hall–Kier alpha value is 0. The Balaban J connectivity index is 3.10. The van der Waals surface area contributed by atoms with Crippen LogP contribution in [-0.2, 0) is 0 Å². The molecule has 0 bridgehead atoms. The molecule has 0 aromatic heterocycles. The predicted molar refractivity (Wildman–Crippen MR) is 84.8 cm³/mol. The van der Waals surface area contributed by atoms with Gasteiger partial charge < -0.3 is 0 Å². The maximum Gasteiger partial charge on any atom is -0.0417 e. The second-order valence-electron chi connectivity index (χ2n) is 5.89. The molecule has 0 saturated carbocycles. The Morgan fingerprint density at radius 1 is 0.667 bits per heavy atom. The smallest absolute Gasteiger partial charge is 0.0417 e. The number of rotatable bonds is 14. The van der Waals surface area contributed by atoms with Crippen LogP contribution in [0.3, 0.4) is 0 Å². The highest BCUT2D eigenvalue weighted by atomic mass is 14.1. The largest absolute Gasteiger partial charge is 0.0654 e. The van der Waals surface area contributed by atoms with E-state index in [2.05, 4.69) is 20.8 Å². The minimum absolute atomic E-state index is 0.955. The van der Waals surface area contributed by atoms with Gasteiger partial charge in [-0.05, 0) is 5.92 Å². The molecule has 109 valence electrons. The quantitative estimate of drug-likeness (QED) is 0.294. The molecule has 0 aliphatic carbocycles. The van der Waals surface area contributed by atoms with E-state index >= 15 is 0 Å². The number of hydrogen-bond acceptors (Lipinski definition) is 0. The van der Waals surface area contributed by atoms with E-state index in [1.54, 1.807) is 0 Å². The van der Waals surface area contributed by atoms with Crippen molar-refractivity contribution < 1.29 is 0 Å². The molecule has 1 unspecified atom stereocenters. The first kappa shape index (κ1) is 18.0. The standard InChI is InChI=1S/C18H37/c1-4-7-8-9-10-11-12-13-14-15-17-18(6-3)16-5-2/h18H,2,4-17H2,1,3H3. The van der Waals surface area contributed by atoms with Crippen LogP contribution in [-0.4, -0.2) is 0 Å². The lowest BCUT2D eigenvalue weighted by Crippen LogP contribution is -1.98. The Morgan fingerprint density at radius 2 is 1.17 bits per heavy atom. The fourth-order valence-electron chi connectivity index (χ4n) is 2.76. The third-order valence-electron chi connectivity index (χ3n) is 4.16. The first-order valence-electron chi connectivity index (χ1n) is 8.64. The molecule has 0 heteroatoms. The second kappa shape index (κ2) is 15.1. The third kappa shape index (κ3) is 12.5. The van der Waals surface area contributed by atoms with E-state index in [0.29, 0.717) is 0 Å². The van der Waals surface area contributed by atoms with Gasteiger partial charge in [0.2, 0.25) is 0 Å². The van der Waals surface area contributed by atoms with Crippen molar-refractivity contribution >= 4 is 0 Å². The van der Waals surface area contributed by atoms with Crippen LogP contribution in [0.2, 0.25) is 0 Å². The molecule has 1 radical (unpaired) electrons. The van der Waals surface area contributed by atoms with Gasteiger partial charge in [-0.3, -0.25) is 0 Å². The maximum absolute atomic E-state index is 3.97. The zero-order chi connectivity index (χ0) is 13.5. The summed E-state index contributed by atoms with van der Waals surface area (Å²) in [6.45, 7) is 8.59. The summed E-state index contributed by atoms with van der Waals surface area (Å²) in [5.41, 5.74) is 0. The van der Waals surface area contributed by atoms with Crippen LogP contribution in [0, 0.1) is 12.8 Å². The average molecular weight is 253 g/mol. The van der Waals surface area contributed by atoms with Gasteiger partial charge in [0, 0.05) is 0 Å². The van der Waals surface area contributed by atoms with Crippen molar-refractivity contribution in [3.8, 4) is 0 Å². The van der Waals surface area contributed by atoms with E-state index in [1.807, 2.05) is 0 Å². The summed E-state index contributed by atoms with van der Waals surface area (Å²) < 4.78 is 0. The highest BCUT2D eigenvalue weighted by Crippen LogP contribution is 2.19. The van der Waals surface area contributed by atoms with E-state index in [-0.39, 0.29) is 0 Å². The normalized spacial score (nSPS) is 12.8. The molecule has 0 heterocycles. The fourth-order valence-corrected chi connectivity index (χ4v) is 2.76. The van der Waals surface area contributed by atoms with Gasteiger partial charge in [-0.25, -0.2) is 0 Å². The van der Waals surface area contributed by atoms with Crippen molar-refractivity contribution in [3.63, 3.8) is 0 Å². The molecule has 1 atom stereocenters. The lowest BCUT2D eigenvalue weighted by molar-refractivity contribution is 0.413. The van der Waals surface area contributed by atoms with Gasteiger partial charge in [0.1, 0.15) is 0 Å². The lowest BCUT2D eigenvalue weighted by Gasteiger charge is -2.12. The summed E-state index contributed by atoms with van der Waals surface area (Å²) in [5.74, 6) is 0.955. The Labute approximate surface area is 117 Å². The molecule has 0 N–H and O–H groups in total. The van der Waals surface area contributed by atoms with Crippen LogP contribution < -0.4 is 0 Å². The van der Waals surface area contributed by atoms with Crippen molar-refractivity contribution in [1.82, 2.24) is 0 Å². The van der Waals surface area contributed by atoms with Crippen LogP contribution in [0.4, 0.5) is 0 Å². The molecule has 0 fully saturated rings. The van der Waals surface area contributed by atoms with Crippen LogP contribution in [0.15, 0.2) is 0 Å². The summed E-state index contributed by atoms with van der Waals surface area (Å²) in [7, 11) is 0. The predicted octanol–water partition coefficient (Wildman–Crippen LogP) is 6.94. The first-order chi connectivity index (χ1) is 8.85. The molecule has 0 saturated heterocycles. The maximum atomic E-state index is 3.97. The molecule has 0 amide bonds. The van der Waals surface area contributed by atoms with E-state index < -0.39 is 0 Å². The summed E-state index contributed by atoms with van der Waals surface area (Å²) in [4.78, 5) is 0. The van der Waals surface area contributed by atoms with Gasteiger partial charge in [0.05, 0.1) is 0 Å². The van der Waals surface area contributed by atoms with Crippen molar-refractivity contribution in [2.45, 2.75) is 104 Å². The summed E-state index contributed by atoms with van der Waals surface area (Å²) in [6, 6.07) is 0. The molecule has 18 heavy (non-hydrogen) atoms. The topological polar surface area (TPSA) is 0 Å². The van der Waals surface area contributed by atoms with Gasteiger partial charge in [-0.15, -0.1) is 0 Å². The SMILES string of the molecule is [CH2]CCC(CC)CCCCCCCCCCCC. The Kier molecular flexibility index (Phi) is 15.1. The van der Waals surface area contributed by atoms with E-state index in [1.165, 1.54) is 83.5 Å². The van der Waals surface area contributed by atoms with Gasteiger partial charge in [-0.1, -0.05) is 111 Å². The van der Waals surface area contributed by atoms with E-state index in [9.17, 15) is 0 Å². The molecule has 0 aromatic carbocycles. The Morgan fingerprint density at radius 3 is 1.61 bits per heavy atom. The summed E-state index contributed by atoms with van der Waals surface area (Å²) in [6.07, 6.45) is 19.8. The number of unbranched alkanes of at least 4 members (excludes halogenated alkanes) is 9. The van der Waals surface area contributed by atoms with E-state index in [4.69, 9.17) is 0 Å². The molecule has 0 nitrogen and oxygen atoms in total. The van der Waals surface area contributed by atoms with E-state index in [0.717, 1.165) is 12.3 Å². The Bertz CT molecular complexity index is 139. The molecular weight excluding hydrogens is 216 g/mol. The monoisotopic (exact) mass is 253 g/mol.